The summed E-state index contributed by atoms with van der Waals surface area (Å²) in [6.45, 7) is 1.53. The highest BCUT2D eigenvalue weighted by atomic mass is 19.2. The average molecular weight is 589 g/mol. The molecule has 2 aromatic rings. The number of allylic oxidation sites excluding steroid dienone is 3. The van der Waals surface area contributed by atoms with Gasteiger partial charge in [0.05, 0.1) is 0 Å². The Morgan fingerprint density at radius 1 is 0.643 bits per heavy atom. The van der Waals surface area contributed by atoms with Gasteiger partial charge in [-0.05, 0) is 148 Å². The monoisotopic (exact) mass is 588 g/mol. The summed E-state index contributed by atoms with van der Waals surface area (Å²) >= 11 is 0. The Hall–Kier alpha value is -2.50. The van der Waals surface area contributed by atoms with Gasteiger partial charge in [-0.1, -0.05) is 31.2 Å². The van der Waals surface area contributed by atoms with E-state index in [9.17, 15) is 26.3 Å². The van der Waals surface area contributed by atoms with E-state index in [1.54, 1.807) is 6.07 Å². The van der Waals surface area contributed by atoms with Gasteiger partial charge in [0.1, 0.15) is 11.6 Å². The molecule has 0 nitrogen and oxygen atoms in total. The highest BCUT2D eigenvalue weighted by Crippen LogP contribution is 2.45. The average Bonchev–Trinajstić information content (AvgIpc) is 3.02. The van der Waals surface area contributed by atoms with Gasteiger partial charge in [0.25, 0.3) is 0 Å². The molecule has 0 N–H and O–H groups in total. The van der Waals surface area contributed by atoms with Gasteiger partial charge in [-0.25, -0.2) is 26.3 Å². The third kappa shape index (κ3) is 7.17. The third-order valence-corrected chi connectivity index (χ3v) is 10.4. The highest BCUT2D eigenvalue weighted by molar-refractivity contribution is 5.61. The van der Waals surface area contributed by atoms with Crippen molar-refractivity contribution in [2.75, 3.05) is 0 Å². The molecule has 0 amide bonds. The van der Waals surface area contributed by atoms with Gasteiger partial charge >= 0.3 is 0 Å². The lowest BCUT2D eigenvalue weighted by Gasteiger charge is -2.37. The Balaban J connectivity index is 1.05. The maximum Gasteiger partial charge on any atom is 0.194 e. The standard InChI is InChI=1S/C36H42F6/c1-2-31(37)35(41)28-17-18-30(32(38)19-28)27-11-7-23(8-12-27)4-3-22-5-9-24(10-6-22)25-13-15-26(16-14-25)29-20-33(39)36(42)34(40)21-29/h3-4,17-27H,2,5-16H2,1H3/b4-3+,35-31+. The molecule has 0 radical (unpaired) electrons. The van der Waals surface area contributed by atoms with E-state index in [2.05, 4.69) is 12.2 Å². The van der Waals surface area contributed by atoms with Crippen LogP contribution in [0, 0.1) is 46.9 Å². The molecule has 0 atom stereocenters. The number of hydrogen-bond donors (Lipinski definition) is 0. The third-order valence-electron chi connectivity index (χ3n) is 10.4. The Labute approximate surface area is 246 Å². The molecule has 0 bridgehead atoms. The summed E-state index contributed by atoms with van der Waals surface area (Å²) in [5.41, 5.74) is 1.16. The maximum atomic E-state index is 14.8. The molecule has 0 aliphatic heterocycles. The summed E-state index contributed by atoms with van der Waals surface area (Å²) in [6.07, 6.45) is 17.2. The molecule has 228 valence electrons. The molecular weight excluding hydrogens is 546 g/mol. The molecule has 3 fully saturated rings. The van der Waals surface area contributed by atoms with Crippen molar-refractivity contribution < 1.29 is 26.3 Å². The van der Waals surface area contributed by atoms with Crippen molar-refractivity contribution in [2.45, 2.75) is 102 Å². The molecule has 0 spiro atoms. The van der Waals surface area contributed by atoms with Gasteiger partial charge in [-0.3, -0.25) is 0 Å². The predicted octanol–water partition coefficient (Wildman–Crippen LogP) is 11.9. The van der Waals surface area contributed by atoms with Crippen molar-refractivity contribution in [3.05, 3.63) is 88.3 Å². The Bertz CT molecular complexity index is 1250. The molecule has 0 saturated heterocycles. The zero-order valence-electron chi connectivity index (χ0n) is 24.5. The normalized spacial score (nSPS) is 29.5. The van der Waals surface area contributed by atoms with Crippen LogP contribution in [0.25, 0.3) is 5.83 Å². The van der Waals surface area contributed by atoms with Gasteiger partial charge in [0.2, 0.25) is 0 Å². The number of halogens is 6. The van der Waals surface area contributed by atoms with Crippen LogP contribution in [0.4, 0.5) is 26.3 Å². The first-order chi connectivity index (χ1) is 20.2. The van der Waals surface area contributed by atoms with Gasteiger partial charge in [-0.15, -0.1) is 0 Å². The minimum atomic E-state index is -1.39. The lowest BCUT2D eigenvalue weighted by atomic mass is 9.68. The SMILES string of the molecule is CC/C(F)=C(\F)c1ccc(C2CCC(/C=C/C3CCC(C4CCC(c5cc(F)c(F)c(F)c5)CC4)CC3)CC2)c(F)c1. The zero-order chi connectivity index (χ0) is 29.8. The van der Waals surface area contributed by atoms with E-state index in [-0.39, 0.29) is 23.8 Å². The van der Waals surface area contributed by atoms with Crippen LogP contribution < -0.4 is 0 Å². The molecule has 3 aliphatic rings. The summed E-state index contributed by atoms with van der Waals surface area (Å²) < 4.78 is 83.2. The van der Waals surface area contributed by atoms with Crippen LogP contribution in [-0.2, 0) is 0 Å². The van der Waals surface area contributed by atoms with Crippen LogP contribution >= 0.6 is 0 Å². The Morgan fingerprint density at radius 2 is 1.14 bits per heavy atom. The molecule has 0 unspecified atom stereocenters. The van der Waals surface area contributed by atoms with E-state index < -0.39 is 34.9 Å². The van der Waals surface area contributed by atoms with Gasteiger partial charge in [0.15, 0.2) is 23.3 Å². The van der Waals surface area contributed by atoms with Crippen molar-refractivity contribution in [3.8, 4) is 0 Å². The number of rotatable bonds is 7. The highest BCUT2D eigenvalue weighted by Gasteiger charge is 2.32. The van der Waals surface area contributed by atoms with E-state index in [0.29, 0.717) is 34.8 Å². The van der Waals surface area contributed by atoms with Crippen LogP contribution in [0.15, 0.2) is 48.3 Å². The van der Waals surface area contributed by atoms with Gasteiger partial charge < -0.3 is 0 Å². The molecule has 0 heterocycles. The Morgan fingerprint density at radius 3 is 1.67 bits per heavy atom. The molecule has 3 saturated carbocycles. The fourth-order valence-electron chi connectivity index (χ4n) is 7.79. The van der Waals surface area contributed by atoms with Crippen LogP contribution in [0.5, 0.6) is 0 Å². The largest absolute Gasteiger partial charge is 0.209 e. The fourth-order valence-corrected chi connectivity index (χ4v) is 7.79. The second-order valence-electron chi connectivity index (χ2n) is 12.9. The van der Waals surface area contributed by atoms with E-state index in [4.69, 9.17) is 0 Å². The first-order valence-corrected chi connectivity index (χ1v) is 15.9. The number of benzene rings is 2. The summed E-state index contributed by atoms with van der Waals surface area (Å²) in [5.74, 6) is -3.19. The first kappa shape index (κ1) is 30.9. The molecule has 6 heteroatoms. The number of hydrogen-bond acceptors (Lipinski definition) is 0. The quantitative estimate of drug-likeness (QED) is 0.171. The Kier molecular flexibility index (Phi) is 10.2. The zero-order valence-corrected chi connectivity index (χ0v) is 24.5. The van der Waals surface area contributed by atoms with Crippen LogP contribution in [-0.4, -0.2) is 0 Å². The van der Waals surface area contributed by atoms with Crippen molar-refractivity contribution in [1.82, 2.24) is 0 Å². The molecule has 3 aliphatic carbocycles. The predicted molar refractivity (Wildman–Crippen MR) is 156 cm³/mol. The van der Waals surface area contributed by atoms with E-state index in [1.807, 2.05) is 0 Å². The van der Waals surface area contributed by atoms with Crippen molar-refractivity contribution >= 4 is 5.83 Å². The van der Waals surface area contributed by atoms with Crippen LogP contribution in [0.1, 0.15) is 119 Å². The minimum Gasteiger partial charge on any atom is -0.209 e. The summed E-state index contributed by atoms with van der Waals surface area (Å²) in [4.78, 5) is 0. The first-order valence-electron chi connectivity index (χ1n) is 15.9. The smallest absolute Gasteiger partial charge is 0.194 e. The molecular formula is C36H42F6. The fraction of sp³-hybridized carbons (Fsp3) is 0.556. The van der Waals surface area contributed by atoms with E-state index in [1.165, 1.54) is 50.8 Å². The minimum absolute atomic E-state index is 0.0343. The molecule has 42 heavy (non-hydrogen) atoms. The van der Waals surface area contributed by atoms with Gasteiger partial charge in [0, 0.05) is 5.56 Å². The second-order valence-corrected chi connectivity index (χ2v) is 12.9. The second kappa shape index (κ2) is 13.9. The lowest BCUT2D eigenvalue weighted by Crippen LogP contribution is -2.25. The summed E-state index contributed by atoms with van der Waals surface area (Å²) in [6, 6.07) is 6.58. The van der Waals surface area contributed by atoms with E-state index in [0.717, 1.165) is 57.4 Å². The summed E-state index contributed by atoms with van der Waals surface area (Å²) in [5, 5.41) is 0. The van der Waals surface area contributed by atoms with Crippen LogP contribution in [0.2, 0.25) is 0 Å². The van der Waals surface area contributed by atoms with Crippen LogP contribution in [0.3, 0.4) is 0 Å². The topological polar surface area (TPSA) is 0 Å². The maximum absolute atomic E-state index is 14.8. The van der Waals surface area contributed by atoms with Crippen molar-refractivity contribution in [2.24, 2.45) is 23.7 Å². The lowest BCUT2D eigenvalue weighted by molar-refractivity contribution is 0.171. The molecule has 0 aromatic heterocycles. The summed E-state index contributed by atoms with van der Waals surface area (Å²) in [7, 11) is 0. The molecule has 5 rings (SSSR count). The van der Waals surface area contributed by atoms with Crippen molar-refractivity contribution in [3.63, 3.8) is 0 Å². The molecule has 2 aromatic carbocycles. The van der Waals surface area contributed by atoms with Gasteiger partial charge in [-0.2, -0.15) is 0 Å². The van der Waals surface area contributed by atoms with E-state index >= 15 is 0 Å². The van der Waals surface area contributed by atoms with Crippen molar-refractivity contribution in [1.29, 1.82) is 0 Å².